The smallest absolute Gasteiger partial charge is 0.204 e. The van der Waals surface area contributed by atoms with Gasteiger partial charge < -0.3 is 45.4 Å². The van der Waals surface area contributed by atoms with E-state index in [2.05, 4.69) is 98.4 Å². The fraction of sp³-hybridized carbons (Fsp3) is 0.400. The molecule has 260 valence electrons. The molecule has 0 spiro atoms. The lowest BCUT2D eigenvalue weighted by Crippen LogP contribution is -3.00. The molecule has 0 radical (unpaired) electrons. The summed E-state index contributed by atoms with van der Waals surface area (Å²) in [6, 6.07) is 21.1. The van der Waals surface area contributed by atoms with Crippen LogP contribution in [0.2, 0.25) is 0 Å². The molecule has 4 aromatic carbocycles. The summed E-state index contributed by atoms with van der Waals surface area (Å²) in [5.74, 6) is 5.44. The molecular formula is C40H46BrN2O6-. The van der Waals surface area contributed by atoms with Crippen molar-refractivity contribution < 1.29 is 45.4 Å². The average Bonchev–Trinajstić information content (AvgIpc) is 3.09. The Hall–Kier alpha value is -3.92. The minimum absolute atomic E-state index is 0. The van der Waals surface area contributed by atoms with Crippen LogP contribution in [0, 0.1) is 0 Å². The molecule has 0 saturated heterocycles. The molecule has 6 heterocycles. The van der Waals surface area contributed by atoms with Crippen LogP contribution in [0.5, 0.6) is 46.0 Å². The Morgan fingerprint density at radius 2 is 0.939 bits per heavy atom. The number of hydrogen-bond donors (Lipinski definition) is 0. The minimum Gasteiger partial charge on any atom is -1.00 e. The summed E-state index contributed by atoms with van der Waals surface area (Å²) in [5.41, 5.74) is 6.23. The van der Waals surface area contributed by atoms with E-state index in [1.54, 1.807) is 28.4 Å². The molecule has 0 N–H and O–H groups in total. The zero-order valence-corrected chi connectivity index (χ0v) is 31.3. The molecule has 0 fully saturated rings. The van der Waals surface area contributed by atoms with E-state index in [9.17, 15) is 0 Å². The lowest BCUT2D eigenvalue weighted by atomic mass is 9.77. The van der Waals surface area contributed by atoms with E-state index in [1.165, 1.54) is 22.3 Å². The molecule has 0 amide bonds. The molecule has 4 aromatic rings. The van der Waals surface area contributed by atoms with Crippen molar-refractivity contribution in [3.63, 3.8) is 0 Å². The first-order valence-electron chi connectivity index (χ1n) is 16.7. The second kappa shape index (κ2) is 13.4. The lowest BCUT2D eigenvalue weighted by Gasteiger charge is -2.46. The van der Waals surface area contributed by atoms with Crippen LogP contribution in [0.3, 0.4) is 0 Å². The van der Waals surface area contributed by atoms with Crippen molar-refractivity contribution in [1.29, 1.82) is 0 Å². The number of halogens is 1. The molecule has 0 saturated carbocycles. The van der Waals surface area contributed by atoms with E-state index >= 15 is 0 Å². The zero-order valence-electron chi connectivity index (χ0n) is 29.7. The second-order valence-electron chi connectivity index (χ2n) is 13.7. The molecule has 9 heteroatoms. The van der Waals surface area contributed by atoms with Crippen LogP contribution < -0.4 is 45.4 Å². The number of hydrogen-bond acceptors (Lipinski definition) is 8. The SMILES string of the molecule is COc1cc2c3c(c1OC)Oc1ccc(cc1)C[C@]1(C)c4c(cc(OC)c(OC)c4Oc4ccc(cc4)C[C@@]3(C)N(C)CC2)CCN1C.[Br-]. The zero-order chi connectivity index (χ0) is 33.8. The maximum absolute atomic E-state index is 6.86. The molecule has 0 aromatic heterocycles. The van der Waals surface area contributed by atoms with E-state index < -0.39 is 11.1 Å². The topological polar surface area (TPSA) is 61.9 Å². The molecule has 8 nitrogen and oxygen atoms in total. The standard InChI is InChI=1S/C40H46N2O6.BrH/c1-39-23-25-9-13-30(14-10-25)48-38-34-28(22-32(44-6)36(38)46-8)18-20-42(4)40(34,2)24-26-11-15-29(16-12-26)47-37-33(39)27(17-19-41(39)3)21-31(43-5)35(37)45-7;/h9-16,21-22H,17-20,23-24H2,1-8H3;1H/p-1/t39-,40-;/m1./s1. The van der Waals surface area contributed by atoms with Gasteiger partial charge in [-0.15, -0.1) is 0 Å². The van der Waals surface area contributed by atoms with Gasteiger partial charge in [-0.05, 0) is 112 Å². The Kier molecular flexibility index (Phi) is 9.56. The van der Waals surface area contributed by atoms with Gasteiger partial charge in [-0.3, -0.25) is 9.80 Å². The summed E-state index contributed by atoms with van der Waals surface area (Å²) in [6.45, 7) is 6.39. The molecular weight excluding hydrogens is 684 g/mol. The van der Waals surface area contributed by atoms with Crippen LogP contribution in [0.25, 0.3) is 0 Å². The van der Waals surface area contributed by atoms with E-state index in [-0.39, 0.29) is 17.0 Å². The van der Waals surface area contributed by atoms with E-state index in [0.717, 1.165) is 61.4 Å². The average molecular weight is 731 g/mol. The molecule has 6 aliphatic heterocycles. The molecule has 0 aliphatic carbocycles. The molecule has 10 rings (SSSR count). The highest BCUT2D eigenvalue weighted by Crippen LogP contribution is 2.54. The normalized spacial score (nSPS) is 21.6. The highest BCUT2D eigenvalue weighted by Gasteiger charge is 2.43. The summed E-state index contributed by atoms with van der Waals surface area (Å²) in [4.78, 5) is 4.84. The van der Waals surface area contributed by atoms with Crippen LogP contribution in [-0.4, -0.2) is 65.4 Å². The molecule has 4 bridgehead atoms. The fourth-order valence-corrected chi connectivity index (χ4v) is 8.07. The Morgan fingerprint density at radius 1 is 0.571 bits per heavy atom. The van der Waals surface area contributed by atoms with Crippen LogP contribution in [0.15, 0.2) is 60.7 Å². The van der Waals surface area contributed by atoms with Crippen molar-refractivity contribution in [2.24, 2.45) is 0 Å². The molecule has 2 atom stereocenters. The molecule has 6 aliphatic rings. The van der Waals surface area contributed by atoms with Crippen molar-refractivity contribution in [3.8, 4) is 46.0 Å². The van der Waals surface area contributed by atoms with Crippen molar-refractivity contribution >= 4 is 0 Å². The van der Waals surface area contributed by atoms with Gasteiger partial charge in [0.1, 0.15) is 11.5 Å². The number of benzene rings is 4. The van der Waals surface area contributed by atoms with Crippen LogP contribution >= 0.6 is 0 Å². The number of ether oxygens (including phenoxy) is 6. The van der Waals surface area contributed by atoms with Crippen molar-refractivity contribution in [3.05, 3.63) is 94.0 Å². The quantitative estimate of drug-likeness (QED) is 0.304. The Labute approximate surface area is 300 Å². The first kappa shape index (κ1) is 34.9. The van der Waals surface area contributed by atoms with Gasteiger partial charge in [0.25, 0.3) is 0 Å². The van der Waals surface area contributed by atoms with Gasteiger partial charge in [0.2, 0.25) is 11.5 Å². The molecule has 49 heavy (non-hydrogen) atoms. The van der Waals surface area contributed by atoms with Crippen molar-refractivity contribution in [1.82, 2.24) is 9.80 Å². The van der Waals surface area contributed by atoms with E-state index in [4.69, 9.17) is 28.4 Å². The van der Waals surface area contributed by atoms with Gasteiger partial charge >= 0.3 is 0 Å². The fourth-order valence-electron chi connectivity index (χ4n) is 8.07. The highest BCUT2D eigenvalue weighted by molar-refractivity contribution is 5.65. The first-order chi connectivity index (χ1) is 23.1. The van der Waals surface area contributed by atoms with Crippen LogP contribution in [-0.2, 0) is 36.8 Å². The third-order valence-corrected chi connectivity index (χ3v) is 11.0. The number of rotatable bonds is 4. The summed E-state index contributed by atoms with van der Waals surface area (Å²) in [5, 5.41) is 0. The van der Waals surface area contributed by atoms with Gasteiger partial charge in [0.15, 0.2) is 23.0 Å². The third-order valence-electron chi connectivity index (χ3n) is 11.0. The number of likely N-dealkylation sites (N-methyl/N-ethyl adjacent to an activating group) is 2. The largest absolute Gasteiger partial charge is 1.00 e. The Morgan fingerprint density at radius 3 is 1.27 bits per heavy atom. The predicted molar refractivity (Wildman–Crippen MR) is 187 cm³/mol. The minimum atomic E-state index is -0.391. The van der Waals surface area contributed by atoms with Gasteiger partial charge in [-0.2, -0.15) is 0 Å². The Balaban J connectivity index is 0.00000417. The van der Waals surface area contributed by atoms with Crippen molar-refractivity contribution in [2.75, 3.05) is 55.6 Å². The van der Waals surface area contributed by atoms with Crippen molar-refractivity contribution in [2.45, 2.75) is 50.6 Å². The van der Waals surface area contributed by atoms with Gasteiger partial charge in [0, 0.05) is 24.2 Å². The third kappa shape index (κ3) is 5.79. The monoisotopic (exact) mass is 729 g/mol. The van der Waals surface area contributed by atoms with Crippen LogP contribution in [0.1, 0.15) is 47.2 Å². The summed E-state index contributed by atoms with van der Waals surface area (Å²) < 4.78 is 37.4. The predicted octanol–water partition coefficient (Wildman–Crippen LogP) is 4.51. The highest BCUT2D eigenvalue weighted by atomic mass is 79.9. The Bertz CT molecular complexity index is 1710. The maximum atomic E-state index is 6.86. The second-order valence-corrected chi connectivity index (χ2v) is 13.7. The summed E-state index contributed by atoms with van der Waals surface area (Å²) in [7, 11) is 11.1. The van der Waals surface area contributed by atoms with Crippen LogP contribution in [0.4, 0.5) is 0 Å². The number of methoxy groups -OCH3 is 4. The number of nitrogens with zero attached hydrogens (tertiary/aromatic N) is 2. The lowest BCUT2D eigenvalue weighted by molar-refractivity contribution is -0.0000129. The van der Waals surface area contributed by atoms with Gasteiger partial charge in [-0.1, -0.05) is 24.3 Å². The van der Waals surface area contributed by atoms with Gasteiger partial charge in [0.05, 0.1) is 39.5 Å². The molecule has 0 unspecified atom stereocenters. The summed E-state index contributed by atoms with van der Waals surface area (Å²) >= 11 is 0. The summed E-state index contributed by atoms with van der Waals surface area (Å²) in [6.07, 6.45) is 3.26. The van der Waals surface area contributed by atoms with Gasteiger partial charge in [-0.25, -0.2) is 0 Å². The first-order valence-corrected chi connectivity index (χ1v) is 16.7. The maximum Gasteiger partial charge on any atom is 0.204 e. The van der Waals surface area contributed by atoms with E-state index in [0.29, 0.717) is 34.5 Å². The van der Waals surface area contributed by atoms with E-state index in [1.807, 2.05) is 0 Å².